The molecule has 2 aromatic carbocycles. The molecular weight excluding hydrogens is 531 g/mol. The number of benzene rings is 2. The highest BCUT2D eigenvalue weighted by Gasteiger charge is 2.20. The number of rotatable bonds is 16. The predicted molar refractivity (Wildman–Crippen MR) is 169 cm³/mol. The fourth-order valence-electron chi connectivity index (χ4n) is 5.45. The molecule has 1 aliphatic carbocycles. The second kappa shape index (κ2) is 18.3. The normalized spacial score (nSPS) is 12.8. The molecule has 218 valence electrons. The maximum Gasteiger partial charge on any atom is 0.0615 e. The average molecular weight is 580 g/mol. The van der Waals surface area contributed by atoms with Crippen molar-refractivity contribution < 1.29 is 10.4 Å². The number of hydrogen-bond acceptors (Lipinski definition) is 6. The van der Waals surface area contributed by atoms with E-state index in [2.05, 4.69) is 84.2 Å². The summed E-state index contributed by atoms with van der Waals surface area (Å²) in [6.45, 7) is 15.0. The Morgan fingerprint density at radius 1 is 0.667 bits per heavy atom. The smallest absolute Gasteiger partial charge is 0.0615 e. The van der Waals surface area contributed by atoms with Crippen LogP contribution in [0, 0.1) is 0 Å². The van der Waals surface area contributed by atoms with E-state index in [1.165, 1.54) is 33.4 Å². The molecule has 0 amide bonds. The van der Waals surface area contributed by atoms with Crippen LogP contribution in [0.2, 0.25) is 0 Å². The van der Waals surface area contributed by atoms with Crippen LogP contribution in [0.4, 0.5) is 0 Å². The van der Waals surface area contributed by atoms with Crippen molar-refractivity contribution in [3.63, 3.8) is 0 Å². The molecule has 3 rings (SSSR count). The lowest BCUT2D eigenvalue weighted by atomic mass is 9.98. The standard InChI is InChI=1S/C31H46N4O2.2ClH/c1-5-34(6-2)17-9-11-28(32-36)21-24-13-15-30-26(19-24)23-27-20-25(14-16-31(27)30)22-29(33-37)12-10-18-35(7-3)8-4;;/h13-16,19-20,36-37H,5-12,17-18,21-23H2,1-4H3;2*1H. The molecule has 0 fully saturated rings. The lowest BCUT2D eigenvalue weighted by molar-refractivity contribution is 0.298. The Morgan fingerprint density at radius 2 is 1.05 bits per heavy atom. The quantitative estimate of drug-likeness (QED) is 0.108. The van der Waals surface area contributed by atoms with Crippen LogP contribution in [0.3, 0.4) is 0 Å². The van der Waals surface area contributed by atoms with Gasteiger partial charge in [-0.1, -0.05) is 74.4 Å². The van der Waals surface area contributed by atoms with Gasteiger partial charge in [0.2, 0.25) is 0 Å². The van der Waals surface area contributed by atoms with Gasteiger partial charge in [-0.05, 0) is 105 Å². The van der Waals surface area contributed by atoms with Crippen molar-refractivity contribution in [1.29, 1.82) is 0 Å². The van der Waals surface area contributed by atoms with Crippen LogP contribution in [0.1, 0.15) is 75.6 Å². The van der Waals surface area contributed by atoms with E-state index in [1.807, 2.05) is 0 Å². The summed E-state index contributed by atoms with van der Waals surface area (Å²) in [5, 5.41) is 26.4. The van der Waals surface area contributed by atoms with E-state index >= 15 is 0 Å². The average Bonchev–Trinajstić information content (AvgIpc) is 3.29. The molecule has 2 N–H and O–H groups in total. The maximum absolute atomic E-state index is 9.58. The van der Waals surface area contributed by atoms with Crippen LogP contribution in [0.5, 0.6) is 0 Å². The van der Waals surface area contributed by atoms with Gasteiger partial charge < -0.3 is 20.2 Å². The van der Waals surface area contributed by atoms with E-state index in [0.29, 0.717) is 12.8 Å². The van der Waals surface area contributed by atoms with Gasteiger partial charge in [0.25, 0.3) is 0 Å². The Balaban J connectivity index is 0.00000380. The van der Waals surface area contributed by atoms with Gasteiger partial charge in [-0.2, -0.15) is 0 Å². The molecule has 0 saturated carbocycles. The maximum atomic E-state index is 9.58. The third-order valence-corrected chi connectivity index (χ3v) is 7.78. The van der Waals surface area contributed by atoms with Crippen molar-refractivity contribution in [2.45, 2.75) is 72.6 Å². The first kappa shape index (κ1) is 34.9. The Kier molecular flexibility index (Phi) is 16.4. The minimum atomic E-state index is 0. The lowest BCUT2D eigenvalue weighted by Crippen LogP contribution is -2.24. The monoisotopic (exact) mass is 578 g/mol. The van der Waals surface area contributed by atoms with Crippen molar-refractivity contribution in [2.75, 3.05) is 39.3 Å². The van der Waals surface area contributed by atoms with Gasteiger partial charge in [0.15, 0.2) is 0 Å². The van der Waals surface area contributed by atoms with Crippen LogP contribution in [0.25, 0.3) is 11.1 Å². The molecule has 8 heteroatoms. The molecule has 0 saturated heterocycles. The minimum Gasteiger partial charge on any atom is -0.411 e. The minimum absolute atomic E-state index is 0. The summed E-state index contributed by atoms with van der Waals surface area (Å²) in [4.78, 5) is 4.80. The van der Waals surface area contributed by atoms with Gasteiger partial charge in [-0.3, -0.25) is 0 Å². The lowest BCUT2D eigenvalue weighted by Gasteiger charge is -2.17. The summed E-state index contributed by atoms with van der Waals surface area (Å²) in [6, 6.07) is 13.3. The zero-order valence-electron chi connectivity index (χ0n) is 24.2. The Morgan fingerprint density at radius 3 is 1.38 bits per heavy atom. The van der Waals surface area contributed by atoms with Crippen LogP contribution >= 0.6 is 24.8 Å². The molecule has 0 radical (unpaired) electrons. The van der Waals surface area contributed by atoms with Crippen molar-refractivity contribution in [2.24, 2.45) is 10.3 Å². The van der Waals surface area contributed by atoms with Crippen molar-refractivity contribution in [3.8, 4) is 11.1 Å². The van der Waals surface area contributed by atoms with Crippen LogP contribution < -0.4 is 0 Å². The molecule has 0 aromatic heterocycles. The largest absolute Gasteiger partial charge is 0.411 e. The zero-order valence-corrected chi connectivity index (χ0v) is 25.8. The number of nitrogens with zero attached hydrogens (tertiary/aromatic N) is 4. The van der Waals surface area contributed by atoms with E-state index in [0.717, 1.165) is 82.8 Å². The second-order valence-electron chi connectivity index (χ2n) is 10.1. The molecule has 0 spiro atoms. The summed E-state index contributed by atoms with van der Waals surface area (Å²) in [6.07, 6.45) is 5.94. The summed E-state index contributed by atoms with van der Waals surface area (Å²) in [5.41, 5.74) is 9.36. The van der Waals surface area contributed by atoms with E-state index in [1.54, 1.807) is 0 Å². The first-order valence-corrected chi connectivity index (χ1v) is 14.1. The molecule has 0 bridgehead atoms. The van der Waals surface area contributed by atoms with E-state index in [9.17, 15) is 10.4 Å². The molecule has 6 nitrogen and oxygen atoms in total. The molecule has 1 aliphatic rings. The number of hydrogen-bond donors (Lipinski definition) is 2. The van der Waals surface area contributed by atoms with Crippen molar-refractivity contribution in [1.82, 2.24) is 9.80 Å². The third-order valence-electron chi connectivity index (χ3n) is 7.78. The van der Waals surface area contributed by atoms with Gasteiger partial charge in [0.1, 0.15) is 0 Å². The number of oxime groups is 2. The van der Waals surface area contributed by atoms with E-state index in [-0.39, 0.29) is 24.8 Å². The summed E-state index contributed by atoms with van der Waals surface area (Å²) < 4.78 is 0. The number of fused-ring (bicyclic) bond motifs is 3. The van der Waals surface area contributed by atoms with Gasteiger partial charge in [-0.15, -0.1) is 24.8 Å². The zero-order chi connectivity index (χ0) is 26.6. The second-order valence-corrected chi connectivity index (χ2v) is 10.1. The first-order chi connectivity index (χ1) is 18.0. The van der Waals surface area contributed by atoms with Gasteiger partial charge in [-0.25, -0.2) is 0 Å². The number of halogens is 2. The molecule has 0 aliphatic heterocycles. The molecular formula is C31H48Cl2N4O2. The highest BCUT2D eigenvalue weighted by atomic mass is 35.5. The highest BCUT2D eigenvalue weighted by Crippen LogP contribution is 2.37. The topological polar surface area (TPSA) is 71.7 Å². The first-order valence-electron chi connectivity index (χ1n) is 14.1. The Hall–Kier alpha value is -2.12. The van der Waals surface area contributed by atoms with Crippen molar-refractivity contribution in [3.05, 3.63) is 58.7 Å². The Labute approximate surface area is 248 Å². The molecule has 0 unspecified atom stereocenters. The van der Waals surface area contributed by atoms with Gasteiger partial charge in [0.05, 0.1) is 11.4 Å². The van der Waals surface area contributed by atoms with Crippen LogP contribution in [-0.4, -0.2) is 70.9 Å². The molecule has 0 heterocycles. The fourth-order valence-corrected chi connectivity index (χ4v) is 5.45. The predicted octanol–water partition coefficient (Wildman–Crippen LogP) is 7.09. The van der Waals surface area contributed by atoms with Crippen molar-refractivity contribution >= 4 is 36.2 Å². The van der Waals surface area contributed by atoms with E-state index in [4.69, 9.17) is 0 Å². The summed E-state index contributed by atoms with van der Waals surface area (Å²) in [7, 11) is 0. The molecule has 39 heavy (non-hydrogen) atoms. The Bertz CT molecular complexity index is 983. The fraction of sp³-hybridized carbons (Fsp3) is 0.548. The van der Waals surface area contributed by atoms with Gasteiger partial charge in [0, 0.05) is 12.8 Å². The van der Waals surface area contributed by atoms with Crippen LogP contribution in [0.15, 0.2) is 46.7 Å². The summed E-state index contributed by atoms with van der Waals surface area (Å²) >= 11 is 0. The van der Waals surface area contributed by atoms with E-state index < -0.39 is 0 Å². The molecule has 2 aromatic rings. The SMILES string of the molecule is CCN(CC)CCCC(Cc1ccc2c(c1)Cc1cc(CC(CCCN(CC)CC)=NO)ccc1-2)=NO.Cl.Cl. The molecule has 0 atom stereocenters. The third kappa shape index (κ3) is 10.1. The van der Waals surface area contributed by atoms with Gasteiger partial charge >= 0.3 is 0 Å². The van der Waals surface area contributed by atoms with Crippen LogP contribution in [-0.2, 0) is 19.3 Å². The highest BCUT2D eigenvalue weighted by molar-refractivity contribution is 5.88. The summed E-state index contributed by atoms with van der Waals surface area (Å²) in [5.74, 6) is 0.